The number of para-hydroxylation sites is 1. The second-order valence-corrected chi connectivity index (χ2v) is 3.31. The number of ether oxygens (including phenoxy) is 1. The summed E-state index contributed by atoms with van der Waals surface area (Å²) in [6.07, 6.45) is 3.75. The third kappa shape index (κ3) is 3.18. The van der Waals surface area contributed by atoms with Crippen LogP contribution in [0.25, 0.3) is 0 Å². The highest BCUT2D eigenvalue weighted by molar-refractivity contribution is 6.18. The summed E-state index contributed by atoms with van der Waals surface area (Å²) < 4.78 is 5.18. The number of rotatable bonds is 5. The molecule has 0 saturated heterocycles. The number of allylic oxidation sites excluding steroid dienone is 1. The van der Waals surface area contributed by atoms with Crippen LogP contribution in [0.2, 0.25) is 0 Å². The molecule has 0 aliphatic rings. The maximum absolute atomic E-state index is 8.96. The number of benzene rings is 1. The lowest BCUT2D eigenvalue weighted by Gasteiger charge is -2.10. The summed E-state index contributed by atoms with van der Waals surface area (Å²) in [6, 6.07) is 7.47. The number of nitrogens with zero attached hydrogens (tertiary/aromatic N) is 1. The van der Waals surface area contributed by atoms with Crippen LogP contribution in [0.15, 0.2) is 30.4 Å². The first-order chi connectivity index (χ1) is 7.83. The van der Waals surface area contributed by atoms with Gasteiger partial charge in [-0.1, -0.05) is 18.2 Å². The minimum absolute atomic E-state index is 0.485. The Morgan fingerprint density at radius 1 is 1.50 bits per heavy atom. The molecule has 1 aromatic rings. The van der Waals surface area contributed by atoms with Crippen molar-refractivity contribution in [2.75, 3.05) is 24.9 Å². The van der Waals surface area contributed by atoms with E-state index < -0.39 is 0 Å². The number of anilines is 1. The van der Waals surface area contributed by atoms with Crippen molar-refractivity contribution in [1.82, 2.24) is 0 Å². The Kier molecular flexibility index (Phi) is 5.24. The molecule has 0 atom stereocenters. The average Bonchev–Trinajstić information content (AvgIpc) is 2.34. The quantitative estimate of drug-likeness (QED) is 0.632. The first kappa shape index (κ1) is 12.4. The predicted octanol–water partition coefficient (Wildman–Crippen LogP) is 2.77. The number of halogens is 1. The number of nitriles is 1. The first-order valence-electron chi connectivity index (χ1n) is 4.85. The molecule has 1 N–H and O–H groups in total. The summed E-state index contributed by atoms with van der Waals surface area (Å²) in [5.41, 5.74) is 1.28. The predicted molar refractivity (Wildman–Crippen MR) is 66.1 cm³/mol. The van der Waals surface area contributed by atoms with Gasteiger partial charge in [0.05, 0.1) is 18.4 Å². The minimum atomic E-state index is 0.485. The van der Waals surface area contributed by atoms with E-state index in [9.17, 15) is 0 Å². The lowest BCUT2D eigenvalue weighted by molar-refractivity contribution is 0.416. The van der Waals surface area contributed by atoms with Crippen molar-refractivity contribution in [3.8, 4) is 11.8 Å². The topological polar surface area (TPSA) is 45.0 Å². The smallest absolute Gasteiger partial charge is 0.143 e. The van der Waals surface area contributed by atoms with Gasteiger partial charge in [-0.05, 0) is 12.1 Å². The fourth-order valence-corrected chi connectivity index (χ4v) is 1.41. The van der Waals surface area contributed by atoms with E-state index in [4.69, 9.17) is 21.6 Å². The van der Waals surface area contributed by atoms with Gasteiger partial charge in [-0.15, -0.1) is 11.6 Å². The molecule has 0 aliphatic heterocycles. The van der Waals surface area contributed by atoms with Gasteiger partial charge in [0.25, 0.3) is 0 Å². The molecule has 0 aromatic heterocycles. The molecule has 0 fully saturated rings. The number of hydrogen-bond acceptors (Lipinski definition) is 3. The summed E-state index contributed by atoms with van der Waals surface area (Å²) in [7, 11) is 1.58. The van der Waals surface area contributed by atoms with E-state index in [2.05, 4.69) is 11.4 Å². The molecule has 0 amide bonds. The van der Waals surface area contributed by atoms with Gasteiger partial charge in [0, 0.05) is 12.4 Å². The summed E-state index contributed by atoms with van der Waals surface area (Å²) in [4.78, 5) is 0. The van der Waals surface area contributed by atoms with Gasteiger partial charge in [0.15, 0.2) is 0 Å². The molecule has 0 heterocycles. The van der Waals surface area contributed by atoms with E-state index in [1.54, 1.807) is 19.2 Å². The zero-order valence-electron chi connectivity index (χ0n) is 9.03. The number of nitrogens with one attached hydrogen (secondary N) is 1. The SMILES string of the molecule is COc1cccc(C#N)c1NC/C=C/CCl. The van der Waals surface area contributed by atoms with Gasteiger partial charge < -0.3 is 10.1 Å². The van der Waals surface area contributed by atoms with Crippen molar-refractivity contribution in [1.29, 1.82) is 5.26 Å². The third-order valence-electron chi connectivity index (χ3n) is 2.02. The standard InChI is InChI=1S/C12H13ClN2O/c1-16-11-6-4-5-10(9-14)12(11)15-8-3-2-7-13/h2-6,15H,7-8H2,1H3/b3-2+. The largest absolute Gasteiger partial charge is 0.495 e. The van der Waals surface area contributed by atoms with E-state index in [-0.39, 0.29) is 0 Å². The lowest BCUT2D eigenvalue weighted by Crippen LogP contribution is -2.02. The van der Waals surface area contributed by atoms with Crippen molar-refractivity contribution in [3.63, 3.8) is 0 Å². The van der Waals surface area contributed by atoms with Crippen molar-refractivity contribution in [2.45, 2.75) is 0 Å². The zero-order valence-corrected chi connectivity index (χ0v) is 9.79. The Hall–Kier alpha value is -1.66. The monoisotopic (exact) mass is 236 g/mol. The Morgan fingerprint density at radius 2 is 2.31 bits per heavy atom. The normalized spacial score (nSPS) is 10.1. The highest BCUT2D eigenvalue weighted by Gasteiger charge is 2.06. The molecule has 84 valence electrons. The molecule has 0 unspecified atom stereocenters. The van der Waals surface area contributed by atoms with E-state index in [1.165, 1.54) is 0 Å². The van der Waals surface area contributed by atoms with E-state index in [1.807, 2.05) is 18.2 Å². The molecule has 4 heteroatoms. The minimum Gasteiger partial charge on any atom is -0.495 e. The second kappa shape index (κ2) is 6.76. The molecule has 0 aliphatic carbocycles. The van der Waals surface area contributed by atoms with Crippen LogP contribution in [0.4, 0.5) is 5.69 Å². The number of hydrogen-bond donors (Lipinski definition) is 1. The maximum atomic E-state index is 8.96. The van der Waals surface area contributed by atoms with Crippen LogP contribution in [0.1, 0.15) is 5.56 Å². The molecular formula is C12H13ClN2O. The Labute approximate surface area is 100 Å². The summed E-state index contributed by atoms with van der Waals surface area (Å²) in [5, 5.41) is 12.1. The van der Waals surface area contributed by atoms with Crippen molar-refractivity contribution in [3.05, 3.63) is 35.9 Å². The lowest BCUT2D eigenvalue weighted by atomic mass is 10.2. The third-order valence-corrected chi connectivity index (χ3v) is 2.20. The van der Waals surface area contributed by atoms with Gasteiger partial charge >= 0.3 is 0 Å². The van der Waals surface area contributed by atoms with Crippen LogP contribution in [0.3, 0.4) is 0 Å². The van der Waals surface area contributed by atoms with Crippen molar-refractivity contribution in [2.24, 2.45) is 0 Å². The van der Waals surface area contributed by atoms with Crippen molar-refractivity contribution < 1.29 is 4.74 Å². The van der Waals surface area contributed by atoms with Crippen LogP contribution in [0.5, 0.6) is 5.75 Å². The van der Waals surface area contributed by atoms with Gasteiger partial charge in [-0.3, -0.25) is 0 Å². The fraction of sp³-hybridized carbons (Fsp3) is 0.250. The van der Waals surface area contributed by atoms with E-state index in [0.29, 0.717) is 29.4 Å². The van der Waals surface area contributed by atoms with Gasteiger partial charge in [0.1, 0.15) is 11.8 Å². The molecule has 0 bridgehead atoms. The number of methoxy groups -OCH3 is 1. The molecule has 16 heavy (non-hydrogen) atoms. The van der Waals surface area contributed by atoms with Gasteiger partial charge in [0.2, 0.25) is 0 Å². The molecule has 1 rings (SSSR count). The average molecular weight is 237 g/mol. The van der Waals surface area contributed by atoms with E-state index in [0.717, 1.165) is 0 Å². The molecule has 0 saturated carbocycles. The maximum Gasteiger partial charge on any atom is 0.143 e. The zero-order chi connectivity index (χ0) is 11.8. The summed E-state index contributed by atoms with van der Waals surface area (Å²) >= 11 is 5.51. The van der Waals surface area contributed by atoms with E-state index >= 15 is 0 Å². The van der Waals surface area contributed by atoms with Crippen LogP contribution >= 0.6 is 11.6 Å². The Balaban J connectivity index is 2.84. The summed E-state index contributed by atoms with van der Waals surface area (Å²) in [6.45, 7) is 0.613. The fourth-order valence-electron chi connectivity index (χ4n) is 1.28. The number of alkyl halides is 1. The highest BCUT2D eigenvalue weighted by Crippen LogP contribution is 2.27. The van der Waals surface area contributed by atoms with Crippen LogP contribution in [-0.4, -0.2) is 19.5 Å². The molecular weight excluding hydrogens is 224 g/mol. The van der Waals surface area contributed by atoms with Crippen LogP contribution < -0.4 is 10.1 Å². The molecule has 0 spiro atoms. The van der Waals surface area contributed by atoms with Gasteiger partial charge in [-0.2, -0.15) is 5.26 Å². The second-order valence-electron chi connectivity index (χ2n) is 3.00. The Bertz CT molecular complexity index is 410. The first-order valence-corrected chi connectivity index (χ1v) is 5.39. The molecule has 1 aromatic carbocycles. The molecule has 3 nitrogen and oxygen atoms in total. The van der Waals surface area contributed by atoms with Crippen LogP contribution in [0, 0.1) is 11.3 Å². The van der Waals surface area contributed by atoms with Crippen LogP contribution in [-0.2, 0) is 0 Å². The van der Waals surface area contributed by atoms with Crippen molar-refractivity contribution >= 4 is 17.3 Å². The highest BCUT2D eigenvalue weighted by atomic mass is 35.5. The summed E-state index contributed by atoms with van der Waals surface area (Å²) in [5.74, 6) is 1.15. The Morgan fingerprint density at radius 3 is 2.94 bits per heavy atom. The van der Waals surface area contributed by atoms with Gasteiger partial charge in [-0.25, -0.2) is 0 Å². The molecule has 0 radical (unpaired) electrons.